The van der Waals surface area contributed by atoms with Crippen molar-refractivity contribution >= 4 is 5.78 Å². The summed E-state index contributed by atoms with van der Waals surface area (Å²) in [5.41, 5.74) is 1.32. The fraction of sp³-hybridized carbons (Fsp3) is 0.182. The Hall–Kier alpha value is -1.44. The van der Waals surface area contributed by atoms with Crippen molar-refractivity contribution in [3.63, 3.8) is 0 Å². The van der Waals surface area contributed by atoms with Crippen LogP contribution in [0.25, 0.3) is 0 Å². The maximum absolute atomic E-state index is 13.1. The van der Waals surface area contributed by atoms with Crippen LogP contribution in [-0.4, -0.2) is 5.78 Å². The molecule has 0 fully saturated rings. The second-order valence-electron chi connectivity index (χ2n) is 3.09. The second kappa shape index (κ2) is 3.52. The first-order valence-electron chi connectivity index (χ1n) is 3.98. The summed E-state index contributed by atoms with van der Waals surface area (Å²) in [6.07, 6.45) is 0. The van der Waals surface area contributed by atoms with Gasteiger partial charge in [0.05, 0.1) is 5.56 Å². The van der Waals surface area contributed by atoms with Crippen molar-refractivity contribution in [2.75, 3.05) is 0 Å². The van der Waals surface area contributed by atoms with Gasteiger partial charge in [-0.2, -0.15) is 0 Å². The van der Waals surface area contributed by atoms with Gasteiger partial charge in [-0.3, -0.25) is 4.79 Å². The molecule has 1 nitrogen and oxygen atoms in total. The lowest BCUT2D eigenvalue weighted by molar-refractivity contribution is 0.103. The predicted molar refractivity (Wildman–Crippen MR) is 50.3 cm³/mol. The molecule has 0 spiro atoms. The number of Topliss-reactive ketones (excluding diaryl/α,β-unsaturated/α-hetero) is 1. The highest BCUT2D eigenvalue weighted by atomic mass is 19.1. The molecule has 68 valence electrons. The number of ketones is 1. The number of rotatable bonds is 2. The Labute approximate surface area is 76.9 Å². The zero-order valence-corrected chi connectivity index (χ0v) is 7.73. The second-order valence-corrected chi connectivity index (χ2v) is 3.09. The predicted octanol–water partition coefficient (Wildman–Crippen LogP) is 2.89. The molecule has 2 heteroatoms. The molecular weight excluding hydrogens is 167 g/mol. The van der Waals surface area contributed by atoms with Gasteiger partial charge in [0.25, 0.3) is 0 Å². The molecule has 0 bridgehead atoms. The van der Waals surface area contributed by atoms with Crippen LogP contribution in [0.15, 0.2) is 30.4 Å². The molecule has 1 rings (SSSR count). The molecular formula is C11H11FO. The van der Waals surface area contributed by atoms with Gasteiger partial charge in [-0.05, 0) is 31.6 Å². The van der Waals surface area contributed by atoms with Gasteiger partial charge in [0.2, 0.25) is 0 Å². The van der Waals surface area contributed by atoms with Crippen molar-refractivity contribution in [2.24, 2.45) is 0 Å². The lowest BCUT2D eigenvalue weighted by Gasteiger charge is -2.02. The molecule has 0 atom stereocenters. The minimum absolute atomic E-state index is 0.104. The van der Waals surface area contributed by atoms with Crippen molar-refractivity contribution < 1.29 is 9.18 Å². The monoisotopic (exact) mass is 178 g/mol. The highest BCUT2D eigenvalue weighted by Crippen LogP contribution is 2.13. The summed E-state index contributed by atoms with van der Waals surface area (Å²) in [5, 5.41) is 0. The van der Waals surface area contributed by atoms with Crippen LogP contribution in [0.1, 0.15) is 22.8 Å². The van der Waals surface area contributed by atoms with Gasteiger partial charge in [0.1, 0.15) is 5.82 Å². The summed E-state index contributed by atoms with van der Waals surface area (Å²) in [6, 6.07) is 4.46. The van der Waals surface area contributed by atoms with E-state index in [0.29, 0.717) is 5.57 Å². The van der Waals surface area contributed by atoms with Crippen molar-refractivity contribution in [2.45, 2.75) is 13.8 Å². The van der Waals surface area contributed by atoms with Crippen molar-refractivity contribution in [3.05, 3.63) is 47.3 Å². The summed E-state index contributed by atoms with van der Waals surface area (Å²) in [5.74, 6) is -0.820. The van der Waals surface area contributed by atoms with Crippen LogP contribution in [0.2, 0.25) is 0 Å². The van der Waals surface area contributed by atoms with E-state index in [1.54, 1.807) is 13.0 Å². The van der Waals surface area contributed by atoms with Crippen LogP contribution in [0, 0.1) is 12.7 Å². The highest BCUT2D eigenvalue weighted by molar-refractivity contribution is 6.08. The number of benzene rings is 1. The van der Waals surface area contributed by atoms with Gasteiger partial charge >= 0.3 is 0 Å². The Balaban J connectivity index is 3.21. The molecule has 0 saturated carbocycles. The van der Waals surface area contributed by atoms with Gasteiger partial charge in [-0.25, -0.2) is 4.39 Å². The van der Waals surface area contributed by atoms with Gasteiger partial charge in [-0.1, -0.05) is 18.2 Å². The molecule has 0 unspecified atom stereocenters. The lowest BCUT2D eigenvalue weighted by Crippen LogP contribution is -2.03. The molecule has 0 aliphatic heterocycles. The smallest absolute Gasteiger partial charge is 0.191 e. The first kappa shape index (κ1) is 9.65. The third-order valence-electron chi connectivity index (χ3n) is 1.75. The van der Waals surface area contributed by atoms with Crippen LogP contribution in [-0.2, 0) is 0 Å². The average molecular weight is 178 g/mol. The number of carbonyl (C=O) groups excluding carboxylic acids is 1. The minimum atomic E-state index is -0.487. The fourth-order valence-electron chi connectivity index (χ4n) is 1.04. The standard InChI is InChI=1S/C11H11FO/c1-7(2)11(13)9-6-8(3)4-5-10(9)12/h4-6H,1H2,2-3H3. The molecule has 0 heterocycles. The maximum Gasteiger partial charge on any atom is 0.191 e. The summed E-state index contributed by atoms with van der Waals surface area (Å²) in [7, 11) is 0. The molecule has 0 aromatic heterocycles. The highest BCUT2D eigenvalue weighted by Gasteiger charge is 2.11. The number of halogens is 1. The Bertz CT molecular complexity index is 366. The first-order chi connectivity index (χ1) is 6.02. The van der Waals surface area contributed by atoms with E-state index in [0.717, 1.165) is 5.56 Å². The number of allylic oxidation sites excluding steroid dienone is 1. The van der Waals surface area contributed by atoms with Crippen LogP contribution in [0.5, 0.6) is 0 Å². The SMILES string of the molecule is C=C(C)C(=O)c1cc(C)ccc1F. The van der Waals surface area contributed by atoms with E-state index in [4.69, 9.17) is 0 Å². The topological polar surface area (TPSA) is 17.1 Å². The van der Waals surface area contributed by atoms with Crippen LogP contribution < -0.4 is 0 Å². The van der Waals surface area contributed by atoms with Gasteiger partial charge in [0, 0.05) is 0 Å². The molecule has 0 amide bonds. The van der Waals surface area contributed by atoms with E-state index < -0.39 is 5.82 Å². The molecule has 0 saturated heterocycles. The molecule has 0 aliphatic carbocycles. The largest absolute Gasteiger partial charge is 0.289 e. The summed E-state index contributed by atoms with van der Waals surface area (Å²) in [6.45, 7) is 6.87. The van der Waals surface area contributed by atoms with Crippen LogP contribution >= 0.6 is 0 Å². The Morgan fingerprint density at radius 2 is 2.08 bits per heavy atom. The molecule has 13 heavy (non-hydrogen) atoms. The van der Waals surface area contributed by atoms with Crippen molar-refractivity contribution in [1.82, 2.24) is 0 Å². The number of hydrogen-bond donors (Lipinski definition) is 0. The summed E-state index contributed by atoms with van der Waals surface area (Å²) < 4.78 is 13.1. The number of carbonyl (C=O) groups is 1. The third kappa shape index (κ3) is 2.02. The van der Waals surface area contributed by atoms with E-state index in [1.807, 2.05) is 6.92 Å². The lowest BCUT2D eigenvalue weighted by atomic mass is 10.0. The quantitative estimate of drug-likeness (QED) is 0.502. The minimum Gasteiger partial charge on any atom is -0.289 e. The average Bonchev–Trinajstić information content (AvgIpc) is 2.08. The Kier molecular flexibility index (Phi) is 2.61. The van der Waals surface area contributed by atoms with E-state index in [-0.39, 0.29) is 11.3 Å². The van der Waals surface area contributed by atoms with E-state index >= 15 is 0 Å². The maximum atomic E-state index is 13.1. The van der Waals surface area contributed by atoms with E-state index in [9.17, 15) is 9.18 Å². The Morgan fingerprint density at radius 1 is 1.46 bits per heavy atom. The van der Waals surface area contributed by atoms with E-state index in [2.05, 4.69) is 6.58 Å². The zero-order chi connectivity index (χ0) is 10.0. The molecule has 0 N–H and O–H groups in total. The number of hydrogen-bond acceptors (Lipinski definition) is 1. The molecule has 0 radical (unpaired) electrons. The first-order valence-corrected chi connectivity index (χ1v) is 3.98. The number of aryl methyl sites for hydroxylation is 1. The molecule has 1 aromatic carbocycles. The normalized spacial score (nSPS) is 9.77. The molecule has 1 aromatic rings. The van der Waals surface area contributed by atoms with Crippen molar-refractivity contribution in [3.8, 4) is 0 Å². The third-order valence-corrected chi connectivity index (χ3v) is 1.75. The van der Waals surface area contributed by atoms with Gasteiger partial charge in [-0.15, -0.1) is 0 Å². The Morgan fingerprint density at radius 3 is 2.62 bits per heavy atom. The van der Waals surface area contributed by atoms with Gasteiger partial charge < -0.3 is 0 Å². The summed E-state index contributed by atoms with van der Waals surface area (Å²) >= 11 is 0. The van der Waals surface area contributed by atoms with Crippen LogP contribution in [0.4, 0.5) is 4.39 Å². The van der Waals surface area contributed by atoms with E-state index in [1.165, 1.54) is 12.1 Å². The van der Waals surface area contributed by atoms with Crippen LogP contribution in [0.3, 0.4) is 0 Å². The van der Waals surface area contributed by atoms with Gasteiger partial charge in [0.15, 0.2) is 5.78 Å². The summed E-state index contributed by atoms with van der Waals surface area (Å²) in [4.78, 5) is 11.4. The zero-order valence-electron chi connectivity index (χ0n) is 7.73. The fourth-order valence-corrected chi connectivity index (χ4v) is 1.04. The molecule has 0 aliphatic rings. The van der Waals surface area contributed by atoms with Crippen molar-refractivity contribution in [1.29, 1.82) is 0 Å².